The number of fused-ring (bicyclic) bond motifs is 2. The van der Waals surface area contributed by atoms with Crippen LogP contribution < -0.4 is 10.1 Å². The molecule has 2 aromatic carbocycles. The van der Waals surface area contributed by atoms with Gasteiger partial charge in [0, 0.05) is 55.4 Å². The number of amides is 5. The van der Waals surface area contributed by atoms with E-state index < -0.39 is 29.7 Å². The van der Waals surface area contributed by atoms with E-state index in [0.29, 0.717) is 62.2 Å². The second-order valence-electron chi connectivity index (χ2n) is 12.1. The first-order chi connectivity index (χ1) is 21.2. The summed E-state index contributed by atoms with van der Waals surface area (Å²) in [5.41, 5.74) is 2.41. The maximum Gasteiger partial charge on any atom is 0.261 e. The molecule has 2 aromatic rings. The molecule has 4 atom stereocenters. The van der Waals surface area contributed by atoms with Gasteiger partial charge >= 0.3 is 0 Å². The first-order valence-electron chi connectivity index (χ1n) is 15.4. The number of imide groups is 1. The summed E-state index contributed by atoms with van der Waals surface area (Å²) < 4.78 is 7.42. The van der Waals surface area contributed by atoms with Crippen molar-refractivity contribution in [2.45, 2.75) is 57.6 Å². The highest BCUT2D eigenvalue weighted by Gasteiger charge is 2.45. The van der Waals surface area contributed by atoms with Gasteiger partial charge < -0.3 is 19.9 Å². The molecule has 44 heavy (non-hydrogen) atoms. The van der Waals surface area contributed by atoms with E-state index in [1.807, 2.05) is 12.1 Å². The number of hydrogen-bond acceptors (Lipinski definition) is 6. The number of halogens is 1. The molecule has 1 aliphatic carbocycles. The zero-order chi connectivity index (χ0) is 31.1. The smallest absolute Gasteiger partial charge is 0.261 e. The van der Waals surface area contributed by atoms with Gasteiger partial charge in [0.2, 0.25) is 17.7 Å². The Morgan fingerprint density at radius 2 is 1.64 bits per heavy atom. The van der Waals surface area contributed by atoms with Crippen molar-refractivity contribution in [2.75, 3.05) is 33.2 Å². The molecule has 0 spiro atoms. The van der Waals surface area contributed by atoms with Crippen molar-refractivity contribution in [1.82, 2.24) is 20.0 Å². The second-order valence-corrected chi connectivity index (χ2v) is 13.0. The quantitative estimate of drug-likeness (QED) is 0.471. The molecular weight excluding hydrogens is 628 g/mol. The van der Waals surface area contributed by atoms with Crippen LogP contribution >= 0.6 is 15.9 Å². The van der Waals surface area contributed by atoms with Gasteiger partial charge in [0.15, 0.2) is 0 Å². The van der Waals surface area contributed by atoms with Crippen LogP contribution in [0.2, 0.25) is 0 Å². The normalized spacial score (nSPS) is 24.7. The maximum absolute atomic E-state index is 14.5. The molecule has 0 aromatic heterocycles. The molecule has 6 rings (SSSR count). The minimum atomic E-state index is -0.682. The summed E-state index contributed by atoms with van der Waals surface area (Å²) >= 11 is 3.70. The van der Waals surface area contributed by atoms with Crippen molar-refractivity contribution in [2.24, 2.45) is 11.8 Å². The summed E-state index contributed by atoms with van der Waals surface area (Å²) in [5.74, 6) is -1.42. The zero-order valence-corrected chi connectivity index (χ0v) is 26.6. The molecule has 1 saturated carbocycles. The van der Waals surface area contributed by atoms with Crippen LogP contribution in [-0.4, -0.2) is 83.6 Å². The van der Waals surface area contributed by atoms with Crippen molar-refractivity contribution >= 4 is 45.5 Å². The topological polar surface area (TPSA) is 116 Å². The number of likely N-dealkylation sites (tertiary alicyclic amines) is 1. The first kappa shape index (κ1) is 30.3. The average Bonchev–Trinajstić information content (AvgIpc) is 3.61. The first-order valence-corrected chi connectivity index (χ1v) is 16.2. The summed E-state index contributed by atoms with van der Waals surface area (Å²) in [6, 6.07) is 9.86. The lowest BCUT2D eigenvalue weighted by molar-refractivity contribution is -0.146. The molecular formula is C33H37BrN4O6. The number of benzene rings is 2. The molecule has 11 heteroatoms. The standard InChI is InChI=1S/C33H37BrN4O6/c1-19(39)36-15-13-20(17-36)44-28-12-11-26(34)25-14-16-37(31(41)22-8-4-3-7-21(22)30(40)35-2)27(29(25)28)18-38-32(42)23-9-5-6-10-24(23)33(38)43/h5-6,9-12,20-22,27H,3-4,7-8,13-18H2,1-2H3,(H,35,40)/t20?,21?,22?,27-/m1/s1. The molecule has 3 heterocycles. The number of nitrogens with one attached hydrogen (secondary N) is 1. The number of carbonyl (C=O) groups is 5. The molecule has 5 amide bonds. The third kappa shape index (κ3) is 5.39. The van der Waals surface area contributed by atoms with Gasteiger partial charge in [-0.3, -0.25) is 28.9 Å². The molecule has 1 N–H and O–H groups in total. The Hall–Kier alpha value is -3.73. The molecule has 232 valence electrons. The number of nitrogens with zero attached hydrogens (tertiary/aromatic N) is 3. The van der Waals surface area contributed by atoms with Gasteiger partial charge in [-0.25, -0.2) is 0 Å². The fraction of sp³-hybridized carbons (Fsp3) is 0.485. The third-order valence-electron chi connectivity index (χ3n) is 9.64. The number of carbonyl (C=O) groups excluding carboxylic acids is 5. The summed E-state index contributed by atoms with van der Waals surface area (Å²) in [6.07, 6.45) is 3.96. The highest BCUT2D eigenvalue weighted by molar-refractivity contribution is 9.10. The van der Waals surface area contributed by atoms with Crippen molar-refractivity contribution in [3.63, 3.8) is 0 Å². The van der Waals surface area contributed by atoms with Crippen molar-refractivity contribution in [1.29, 1.82) is 0 Å². The lowest BCUT2D eigenvalue weighted by Crippen LogP contribution is -2.51. The lowest BCUT2D eigenvalue weighted by Gasteiger charge is -2.43. The van der Waals surface area contributed by atoms with E-state index >= 15 is 0 Å². The van der Waals surface area contributed by atoms with E-state index in [4.69, 9.17) is 4.74 Å². The summed E-state index contributed by atoms with van der Waals surface area (Å²) in [5, 5.41) is 2.74. The fourth-order valence-electron chi connectivity index (χ4n) is 7.34. The monoisotopic (exact) mass is 664 g/mol. The number of ether oxygens (including phenoxy) is 1. The second kappa shape index (κ2) is 12.3. The maximum atomic E-state index is 14.5. The Labute approximate surface area is 265 Å². The Morgan fingerprint density at radius 1 is 0.955 bits per heavy atom. The Bertz CT molecular complexity index is 1490. The molecule has 4 aliphatic rings. The number of hydrogen-bond donors (Lipinski definition) is 1. The van der Waals surface area contributed by atoms with Crippen LogP contribution in [0.3, 0.4) is 0 Å². The summed E-state index contributed by atoms with van der Waals surface area (Å²) in [7, 11) is 1.60. The molecule has 2 fully saturated rings. The minimum absolute atomic E-state index is 0.00707. The molecule has 10 nitrogen and oxygen atoms in total. The van der Waals surface area contributed by atoms with Gasteiger partial charge in [0.1, 0.15) is 11.9 Å². The molecule has 3 unspecified atom stereocenters. The molecule has 0 bridgehead atoms. The SMILES string of the molecule is CNC(=O)C1CCCCC1C(=O)N1CCc2c(Br)ccc(OC3CCN(C(C)=O)C3)c2[C@H]1CN1C(=O)c2ccccc2C1=O. The average molecular weight is 666 g/mol. The van der Waals surface area contributed by atoms with Crippen LogP contribution in [0.4, 0.5) is 0 Å². The van der Waals surface area contributed by atoms with Crippen LogP contribution in [-0.2, 0) is 20.8 Å². The van der Waals surface area contributed by atoms with Crippen molar-refractivity contribution in [3.05, 3.63) is 63.1 Å². The largest absolute Gasteiger partial charge is 0.488 e. The van der Waals surface area contributed by atoms with E-state index in [9.17, 15) is 24.0 Å². The van der Waals surface area contributed by atoms with Crippen LogP contribution in [0.1, 0.15) is 76.9 Å². The van der Waals surface area contributed by atoms with E-state index in [1.54, 1.807) is 48.0 Å². The summed E-state index contributed by atoms with van der Waals surface area (Å²) in [4.78, 5) is 71.2. The van der Waals surface area contributed by atoms with Crippen molar-refractivity contribution < 1.29 is 28.7 Å². The van der Waals surface area contributed by atoms with E-state index in [0.717, 1.165) is 28.4 Å². The van der Waals surface area contributed by atoms with Crippen LogP contribution in [0.25, 0.3) is 0 Å². The Kier molecular flexibility index (Phi) is 8.50. The van der Waals surface area contributed by atoms with Crippen LogP contribution in [0.5, 0.6) is 5.75 Å². The molecule has 3 aliphatic heterocycles. The Morgan fingerprint density at radius 3 is 2.27 bits per heavy atom. The highest BCUT2D eigenvalue weighted by Crippen LogP contribution is 2.44. The van der Waals surface area contributed by atoms with Crippen LogP contribution in [0, 0.1) is 11.8 Å². The number of rotatable bonds is 6. The van der Waals surface area contributed by atoms with Gasteiger partial charge in [-0.2, -0.15) is 0 Å². The predicted octanol–water partition coefficient (Wildman–Crippen LogP) is 3.72. The van der Waals surface area contributed by atoms with Gasteiger partial charge in [0.05, 0.1) is 30.3 Å². The lowest BCUT2D eigenvalue weighted by atomic mass is 9.77. The van der Waals surface area contributed by atoms with Crippen LogP contribution in [0.15, 0.2) is 40.9 Å². The predicted molar refractivity (Wildman–Crippen MR) is 165 cm³/mol. The fourth-order valence-corrected chi connectivity index (χ4v) is 7.89. The minimum Gasteiger partial charge on any atom is -0.488 e. The Balaban J connectivity index is 1.40. The third-order valence-corrected chi connectivity index (χ3v) is 10.4. The van der Waals surface area contributed by atoms with Gasteiger partial charge in [0.25, 0.3) is 11.8 Å². The highest BCUT2D eigenvalue weighted by atomic mass is 79.9. The van der Waals surface area contributed by atoms with E-state index in [1.165, 1.54) is 4.90 Å². The van der Waals surface area contributed by atoms with Gasteiger partial charge in [-0.1, -0.05) is 40.9 Å². The van der Waals surface area contributed by atoms with E-state index in [-0.39, 0.29) is 30.4 Å². The van der Waals surface area contributed by atoms with Crippen molar-refractivity contribution in [3.8, 4) is 5.75 Å². The van der Waals surface area contributed by atoms with E-state index in [2.05, 4.69) is 21.2 Å². The van der Waals surface area contributed by atoms with Gasteiger partial charge in [-0.15, -0.1) is 0 Å². The zero-order valence-electron chi connectivity index (χ0n) is 25.0. The summed E-state index contributed by atoms with van der Waals surface area (Å²) in [6.45, 7) is 2.94. The van der Waals surface area contributed by atoms with Gasteiger partial charge in [-0.05, 0) is 49.1 Å². The molecule has 1 saturated heterocycles. The molecule has 0 radical (unpaired) electrons.